The molecule has 8 amide bonds. The number of amides is 8. The molecule has 10 N–H and O–H groups in total. The summed E-state index contributed by atoms with van der Waals surface area (Å²) in [5, 5.41) is 29.7. The van der Waals surface area contributed by atoms with Crippen LogP contribution in [0.15, 0.2) is 97.2 Å². The molecule has 0 saturated carbocycles. The van der Waals surface area contributed by atoms with E-state index < -0.39 is 113 Å². The molecule has 7 atom stereocenters. The first kappa shape index (κ1) is 77.7. The summed E-state index contributed by atoms with van der Waals surface area (Å²) in [6.07, 6.45) is 4.01. The Labute approximate surface area is 584 Å². The number of fused-ring (bicyclic) bond motifs is 2. The number of alkyl carbamates (subject to hydrolysis) is 2. The van der Waals surface area contributed by atoms with Gasteiger partial charge in [-0.25, -0.2) is 19.0 Å². The van der Waals surface area contributed by atoms with Crippen molar-refractivity contribution in [2.75, 3.05) is 19.6 Å². The smallest absolute Gasteiger partial charge is 0.419 e. The third-order valence-electron chi connectivity index (χ3n) is 16.4. The van der Waals surface area contributed by atoms with Gasteiger partial charge in [0.2, 0.25) is 35.4 Å². The summed E-state index contributed by atoms with van der Waals surface area (Å²) >= 11 is 0. The highest BCUT2D eigenvalue weighted by Gasteiger charge is 2.36. The Morgan fingerprint density at radius 1 is 0.590 bits per heavy atom. The zero-order valence-corrected chi connectivity index (χ0v) is 59.6. The maximum atomic E-state index is 15.4. The van der Waals surface area contributed by atoms with Crippen molar-refractivity contribution in [1.82, 2.24) is 66.7 Å². The first-order chi connectivity index (χ1) is 47.3. The molecule has 542 valence electrons. The number of aryl methyl sites for hydroxylation is 1. The molecule has 1 aliphatic heterocycles. The topological polar surface area (TPSA) is 363 Å². The van der Waals surface area contributed by atoms with Crippen molar-refractivity contribution < 1.29 is 62.2 Å². The van der Waals surface area contributed by atoms with E-state index in [4.69, 9.17) is 19.9 Å². The second-order valence-corrected chi connectivity index (χ2v) is 28.9. The molecule has 1 saturated heterocycles. The van der Waals surface area contributed by atoms with Crippen LogP contribution < -0.4 is 43.0 Å². The first-order valence-corrected chi connectivity index (χ1v) is 34.6. The molecule has 100 heavy (non-hydrogen) atoms. The average Bonchev–Trinajstić information content (AvgIpc) is 1.63. The number of carbonyl (C=O) groups is 10. The molecule has 0 radical (unpaired) electrons. The van der Waals surface area contributed by atoms with Crippen LogP contribution in [0.3, 0.4) is 0 Å². The van der Waals surface area contributed by atoms with Crippen LogP contribution in [0.4, 0.5) is 14.4 Å². The molecule has 0 bridgehead atoms. The number of unbranched alkanes of at least 4 members (excludes halogenated alkanes) is 2. The van der Waals surface area contributed by atoms with Crippen molar-refractivity contribution in [2.24, 2.45) is 11.7 Å². The number of benzene rings is 3. The number of aldehydes is 1. The van der Waals surface area contributed by atoms with Crippen LogP contribution in [-0.2, 0) is 80.0 Å². The Morgan fingerprint density at radius 2 is 1.15 bits per heavy atom. The number of piperidine rings is 1. The number of aromatic amines is 1. The van der Waals surface area contributed by atoms with Gasteiger partial charge in [-0.2, -0.15) is 0 Å². The largest absolute Gasteiger partial charge is 0.444 e. The minimum Gasteiger partial charge on any atom is -0.444 e. The van der Waals surface area contributed by atoms with Gasteiger partial charge in [-0.15, -0.1) is 5.10 Å². The van der Waals surface area contributed by atoms with Crippen LogP contribution in [0, 0.1) is 5.92 Å². The van der Waals surface area contributed by atoms with E-state index in [1.807, 2.05) is 36.4 Å². The molecule has 4 heterocycles. The molecular weight excluding hydrogens is 1280 g/mol. The maximum absolute atomic E-state index is 15.4. The van der Waals surface area contributed by atoms with E-state index in [1.165, 1.54) is 4.57 Å². The summed E-state index contributed by atoms with van der Waals surface area (Å²) in [5.41, 5.74) is 7.19. The summed E-state index contributed by atoms with van der Waals surface area (Å²) in [7, 11) is 0. The Hall–Kier alpha value is -9.66. The standard InChI is InChI=1S/C73H102N14O13/c1-46(2)61(82-69(96)99-72(6,7)8)66(93)79-57(31-20-22-34-75-68(95)98-71(3,4)5)63(90)81-59(43-50-39-48-28-16-18-30-55(48)76-50)65(92)78-56(32-21-25-37-86-44-51(83-84-86)42-54(74)67(94)85-35-23-13-24-36-85)62(89)80-58(38-47-26-14-12-15-27-47)64(91)77-52(45-88)41-53-40-49-29-17-19-33-60(49)87(53)70(97)100-73(9,10)11/h12,14-19,26-30,33,39-40,44-46,52,54,56-59,61,76H,13,20-25,31-32,34-38,41-43,74H2,1-11H3,(H,75,95)(H,77,91)(H,78,92)(H,79,93)(H,80,89)(H,81,90)(H,82,96). The number of nitrogens with one attached hydrogen (secondary N) is 8. The van der Waals surface area contributed by atoms with Crippen molar-refractivity contribution in [2.45, 2.75) is 225 Å². The lowest BCUT2D eigenvalue weighted by molar-refractivity contribution is -0.135. The number of H-pyrrole nitrogens is 1. The highest BCUT2D eigenvalue weighted by molar-refractivity contribution is 5.97. The Balaban J connectivity index is 1.19. The van der Waals surface area contributed by atoms with Crippen LogP contribution in [0.1, 0.15) is 157 Å². The summed E-state index contributed by atoms with van der Waals surface area (Å²) < 4.78 is 19.6. The van der Waals surface area contributed by atoms with Gasteiger partial charge < -0.3 is 71.8 Å². The molecule has 3 aromatic heterocycles. The molecule has 1 aliphatic rings. The molecule has 1 fully saturated rings. The van der Waals surface area contributed by atoms with E-state index in [2.05, 4.69) is 52.5 Å². The van der Waals surface area contributed by atoms with Gasteiger partial charge in [0.05, 0.1) is 23.3 Å². The second kappa shape index (κ2) is 35.9. The van der Waals surface area contributed by atoms with Crippen LogP contribution in [0.25, 0.3) is 21.8 Å². The highest BCUT2D eigenvalue weighted by Crippen LogP contribution is 2.24. The van der Waals surface area contributed by atoms with Gasteiger partial charge in [0.15, 0.2) is 0 Å². The van der Waals surface area contributed by atoms with Crippen molar-refractivity contribution in [3.63, 3.8) is 0 Å². The van der Waals surface area contributed by atoms with Gasteiger partial charge >= 0.3 is 18.3 Å². The van der Waals surface area contributed by atoms with Gasteiger partial charge in [-0.05, 0) is 161 Å². The van der Waals surface area contributed by atoms with Gasteiger partial charge in [0.25, 0.3) is 0 Å². The average molecular weight is 1380 g/mol. The van der Waals surface area contributed by atoms with E-state index in [1.54, 1.807) is 147 Å². The third kappa shape index (κ3) is 24.7. The zero-order valence-electron chi connectivity index (χ0n) is 59.6. The van der Waals surface area contributed by atoms with Crippen molar-refractivity contribution >= 4 is 81.8 Å². The number of ether oxygens (including phenoxy) is 3. The van der Waals surface area contributed by atoms with E-state index in [0.29, 0.717) is 72.3 Å². The molecule has 3 aromatic carbocycles. The van der Waals surface area contributed by atoms with Gasteiger partial charge in [-0.3, -0.25) is 33.4 Å². The summed E-state index contributed by atoms with van der Waals surface area (Å²) in [6, 6.07) is 18.2. The summed E-state index contributed by atoms with van der Waals surface area (Å²) in [6.45, 7) is 20.6. The fourth-order valence-electron chi connectivity index (χ4n) is 11.6. The lowest BCUT2D eigenvalue weighted by Crippen LogP contribution is -2.60. The van der Waals surface area contributed by atoms with Gasteiger partial charge in [-0.1, -0.05) is 85.8 Å². The number of aromatic nitrogens is 5. The number of carbonyl (C=O) groups excluding carboxylic acids is 10. The molecule has 6 aromatic rings. The first-order valence-electron chi connectivity index (χ1n) is 34.6. The highest BCUT2D eigenvalue weighted by atomic mass is 16.6. The fraction of sp³-hybridized carbons (Fsp3) is 0.534. The number of nitrogens with two attached hydrogens (primary N) is 1. The zero-order chi connectivity index (χ0) is 72.9. The summed E-state index contributed by atoms with van der Waals surface area (Å²) in [5.74, 6) is -4.49. The van der Waals surface area contributed by atoms with Crippen LogP contribution >= 0.6 is 0 Å². The van der Waals surface area contributed by atoms with Crippen molar-refractivity contribution in [3.8, 4) is 0 Å². The minimum absolute atomic E-state index is 0.00352. The monoisotopic (exact) mass is 1380 g/mol. The SMILES string of the molecule is CC(C)C(NC(=O)OC(C)(C)C)C(=O)NC(CCCCNC(=O)OC(C)(C)C)C(=O)NC(Cc1cc2ccccc2[nH]1)C(=O)NC(CCCCn1cc(CC(N)C(=O)N2CCCCC2)nn1)C(=O)NC(Cc1ccccc1)C(=O)NC(C=O)Cc1cc2ccccc2n1C(=O)OC(C)(C)C. The molecule has 7 rings (SSSR count). The Bertz CT molecular complexity index is 3730. The predicted octanol–water partition coefficient (Wildman–Crippen LogP) is 7.15. The normalized spacial score (nSPS) is 14.9. The van der Waals surface area contributed by atoms with E-state index in [0.717, 1.165) is 30.2 Å². The number of para-hydroxylation sites is 2. The van der Waals surface area contributed by atoms with E-state index in [-0.39, 0.29) is 63.8 Å². The molecule has 7 unspecified atom stereocenters. The van der Waals surface area contributed by atoms with Crippen molar-refractivity contribution in [3.05, 3.63) is 120 Å². The molecule has 27 heteroatoms. The minimum atomic E-state index is -1.44. The molecular formula is C73H102N14O13. The third-order valence-corrected chi connectivity index (χ3v) is 16.4. The number of hydrogen-bond donors (Lipinski definition) is 9. The quantitative estimate of drug-likeness (QED) is 0.0115. The number of nitrogens with zero attached hydrogens (tertiary/aromatic N) is 5. The van der Waals surface area contributed by atoms with Gasteiger partial charge in [0.1, 0.15) is 53.3 Å². The van der Waals surface area contributed by atoms with Crippen molar-refractivity contribution in [1.29, 1.82) is 0 Å². The van der Waals surface area contributed by atoms with Gasteiger partial charge in [0, 0.05) is 80.3 Å². The Morgan fingerprint density at radius 3 is 1.78 bits per heavy atom. The number of likely N-dealkylation sites (tertiary alicyclic amines) is 1. The second-order valence-electron chi connectivity index (χ2n) is 28.9. The predicted molar refractivity (Wildman–Crippen MR) is 377 cm³/mol. The van der Waals surface area contributed by atoms with E-state index in [9.17, 15) is 33.6 Å². The lowest BCUT2D eigenvalue weighted by Gasteiger charge is -2.28. The van der Waals surface area contributed by atoms with Crippen LogP contribution in [-0.4, -0.2) is 168 Å². The number of hydrogen-bond acceptors (Lipinski definition) is 16. The Kier molecular flexibility index (Phi) is 27.9. The van der Waals surface area contributed by atoms with Crippen LogP contribution in [0.2, 0.25) is 0 Å². The van der Waals surface area contributed by atoms with E-state index >= 15 is 14.4 Å². The molecule has 0 spiro atoms. The number of rotatable bonds is 32. The fourth-order valence-corrected chi connectivity index (χ4v) is 11.6. The molecule has 0 aliphatic carbocycles. The molecule has 27 nitrogen and oxygen atoms in total. The lowest BCUT2D eigenvalue weighted by atomic mass is 10.0. The maximum Gasteiger partial charge on any atom is 0.419 e. The van der Waals surface area contributed by atoms with Crippen LogP contribution in [0.5, 0.6) is 0 Å². The summed E-state index contributed by atoms with van der Waals surface area (Å²) in [4.78, 5) is 146.